The summed E-state index contributed by atoms with van der Waals surface area (Å²) in [7, 11) is 1.56. The van der Waals surface area contributed by atoms with Crippen molar-refractivity contribution in [2.45, 2.75) is 6.42 Å². The van der Waals surface area contributed by atoms with E-state index >= 15 is 0 Å². The molecule has 1 N–H and O–H groups in total. The fourth-order valence-electron chi connectivity index (χ4n) is 1.52. The number of hydrogen-bond acceptors (Lipinski definition) is 4. The summed E-state index contributed by atoms with van der Waals surface area (Å²) >= 11 is 0. The third-order valence-electron chi connectivity index (χ3n) is 2.14. The van der Waals surface area contributed by atoms with Crippen molar-refractivity contribution >= 4 is 5.78 Å². The van der Waals surface area contributed by atoms with Crippen LogP contribution in [0.1, 0.15) is 6.42 Å². The number of Topliss-reactive ketones (excluding diaryl/α,β-unsaturated/α-hetero) is 1. The first-order valence-electron chi connectivity index (χ1n) is 4.76. The van der Waals surface area contributed by atoms with E-state index in [9.17, 15) is 4.79 Å². The van der Waals surface area contributed by atoms with Crippen LogP contribution in [0.2, 0.25) is 0 Å². The number of hydrogen-bond donors (Lipinski definition) is 1. The van der Waals surface area contributed by atoms with E-state index in [0.717, 1.165) is 32.6 Å². The van der Waals surface area contributed by atoms with Crippen molar-refractivity contribution in [3.05, 3.63) is 0 Å². The summed E-state index contributed by atoms with van der Waals surface area (Å²) in [4.78, 5) is 13.4. The largest absolute Gasteiger partial charge is 0.377 e. The molecular formula is C9H18N2O2. The Balaban J connectivity index is 2.21. The third kappa shape index (κ3) is 4.36. The third-order valence-corrected chi connectivity index (χ3v) is 2.14. The van der Waals surface area contributed by atoms with Gasteiger partial charge in [-0.3, -0.25) is 9.69 Å². The zero-order valence-corrected chi connectivity index (χ0v) is 8.21. The number of methoxy groups -OCH3 is 1. The van der Waals surface area contributed by atoms with Gasteiger partial charge in [-0.05, 0) is 19.5 Å². The van der Waals surface area contributed by atoms with Gasteiger partial charge in [-0.1, -0.05) is 0 Å². The van der Waals surface area contributed by atoms with Crippen LogP contribution in [0.15, 0.2) is 0 Å². The first-order chi connectivity index (χ1) is 6.33. The SMILES string of the molecule is COCC(=O)CN1CCCNCC1. The van der Waals surface area contributed by atoms with E-state index in [4.69, 9.17) is 4.74 Å². The Bertz CT molecular complexity index is 154. The Kier molecular flexibility index (Phi) is 4.97. The molecule has 0 bridgehead atoms. The second-order valence-electron chi connectivity index (χ2n) is 3.35. The summed E-state index contributed by atoms with van der Waals surface area (Å²) in [6.07, 6.45) is 1.13. The Morgan fingerprint density at radius 2 is 2.31 bits per heavy atom. The van der Waals surface area contributed by atoms with Gasteiger partial charge in [-0.15, -0.1) is 0 Å². The standard InChI is InChI=1S/C9H18N2O2/c1-13-8-9(12)7-11-5-2-3-10-4-6-11/h10H,2-8H2,1H3. The predicted molar refractivity (Wildman–Crippen MR) is 50.8 cm³/mol. The maximum Gasteiger partial charge on any atom is 0.172 e. The lowest BCUT2D eigenvalue weighted by atomic mass is 10.3. The molecule has 0 spiro atoms. The van der Waals surface area contributed by atoms with Crippen molar-refractivity contribution in [2.75, 3.05) is 46.4 Å². The Morgan fingerprint density at radius 3 is 3.08 bits per heavy atom. The number of carbonyl (C=O) groups excluding carboxylic acids is 1. The maximum atomic E-state index is 11.2. The molecule has 4 heteroatoms. The molecule has 0 aliphatic carbocycles. The highest BCUT2D eigenvalue weighted by atomic mass is 16.5. The molecular weight excluding hydrogens is 168 g/mol. The van der Waals surface area contributed by atoms with Crippen LogP contribution in [0.25, 0.3) is 0 Å². The fraction of sp³-hybridized carbons (Fsp3) is 0.889. The van der Waals surface area contributed by atoms with E-state index < -0.39 is 0 Å². The van der Waals surface area contributed by atoms with Crippen molar-refractivity contribution in [3.63, 3.8) is 0 Å². The highest BCUT2D eigenvalue weighted by Gasteiger charge is 2.11. The second-order valence-corrected chi connectivity index (χ2v) is 3.35. The molecule has 0 saturated carbocycles. The van der Waals surface area contributed by atoms with Gasteiger partial charge in [0.15, 0.2) is 5.78 Å². The molecule has 1 heterocycles. The minimum absolute atomic E-state index is 0.171. The Hall–Kier alpha value is -0.450. The molecule has 13 heavy (non-hydrogen) atoms. The number of ketones is 1. The number of nitrogens with zero attached hydrogens (tertiary/aromatic N) is 1. The molecule has 0 amide bonds. The lowest BCUT2D eigenvalue weighted by Gasteiger charge is -2.17. The van der Waals surface area contributed by atoms with Crippen LogP contribution in [-0.4, -0.2) is 57.1 Å². The average molecular weight is 186 g/mol. The molecule has 1 aliphatic heterocycles. The highest BCUT2D eigenvalue weighted by Crippen LogP contribution is 1.95. The number of rotatable bonds is 4. The number of ether oxygens (including phenoxy) is 1. The Morgan fingerprint density at radius 1 is 1.46 bits per heavy atom. The number of nitrogens with one attached hydrogen (secondary N) is 1. The summed E-state index contributed by atoms with van der Waals surface area (Å²) in [6, 6.07) is 0. The number of carbonyl (C=O) groups is 1. The van der Waals surface area contributed by atoms with Gasteiger partial charge in [0.2, 0.25) is 0 Å². The van der Waals surface area contributed by atoms with Gasteiger partial charge in [0.1, 0.15) is 6.61 Å². The van der Waals surface area contributed by atoms with E-state index in [0.29, 0.717) is 6.54 Å². The molecule has 0 aromatic carbocycles. The summed E-state index contributed by atoms with van der Waals surface area (Å²) in [6.45, 7) is 4.81. The van der Waals surface area contributed by atoms with Gasteiger partial charge in [0.25, 0.3) is 0 Å². The molecule has 0 unspecified atom stereocenters. The lowest BCUT2D eigenvalue weighted by molar-refractivity contribution is -0.123. The van der Waals surface area contributed by atoms with E-state index in [1.54, 1.807) is 7.11 Å². The molecule has 1 aliphatic rings. The van der Waals surface area contributed by atoms with Crippen LogP contribution < -0.4 is 5.32 Å². The topological polar surface area (TPSA) is 41.6 Å². The quantitative estimate of drug-likeness (QED) is 0.642. The summed E-state index contributed by atoms with van der Waals surface area (Å²) < 4.78 is 4.78. The van der Waals surface area contributed by atoms with Crippen LogP contribution in [0, 0.1) is 0 Å². The van der Waals surface area contributed by atoms with Crippen LogP contribution in [0.5, 0.6) is 0 Å². The van der Waals surface area contributed by atoms with Crippen molar-refractivity contribution in [3.8, 4) is 0 Å². The molecule has 0 aromatic rings. The monoisotopic (exact) mass is 186 g/mol. The van der Waals surface area contributed by atoms with E-state index in [2.05, 4.69) is 10.2 Å². The molecule has 1 saturated heterocycles. The molecule has 0 radical (unpaired) electrons. The van der Waals surface area contributed by atoms with E-state index in [1.807, 2.05) is 0 Å². The van der Waals surface area contributed by atoms with E-state index in [1.165, 1.54) is 0 Å². The first kappa shape index (κ1) is 10.6. The molecule has 76 valence electrons. The fourth-order valence-corrected chi connectivity index (χ4v) is 1.52. The molecule has 0 atom stereocenters. The van der Waals surface area contributed by atoms with E-state index in [-0.39, 0.29) is 12.4 Å². The Labute approximate surface area is 79.2 Å². The zero-order chi connectivity index (χ0) is 9.52. The van der Waals surface area contributed by atoms with Gasteiger partial charge < -0.3 is 10.1 Å². The summed E-state index contributed by atoms with van der Waals surface area (Å²) in [5, 5.41) is 3.30. The molecule has 4 nitrogen and oxygen atoms in total. The molecule has 1 rings (SSSR count). The minimum atomic E-state index is 0.171. The first-order valence-corrected chi connectivity index (χ1v) is 4.76. The summed E-state index contributed by atoms with van der Waals surface area (Å²) in [5.74, 6) is 0.171. The van der Waals surface area contributed by atoms with Gasteiger partial charge in [0.05, 0.1) is 6.54 Å². The van der Waals surface area contributed by atoms with Gasteiger partial charge in [-0.25, -0.2) is 0 Å². The van der Waals surface area contributed by atoms with Crippen molar-refractivity contribution in [1.29, 1.82) is 0 Å². The van der Waals surface area contributed by atoms with Gasteiger partial charge in [-0.2, -0.15) is 0 Å². The van der Waals surface area contributed by atoms with Crippen LogP contribution >= 0.6 is 0 Å². The summed E-state index contributed by atoms with van der Waals surface area (Å²) in [5.41, 5.74) is 0. The molecule has 0 aromatic heterocycles. The maximum absolute atomic E-state index is 11.2. The van der Waals surface area contributed by atoms with Crippen LogP contribution in [0.3, 0.4) is 0 Å². The lowest BCUT2D eigenvalue weighted by Crippen LogP contribution is -2.34. The molecule has 1 fully saturated rings. The van der Waals surface area contributed by atoms with Crippen molar-refractivity contribution in [2.24, 2.45) is 0 Å². The van der Waals surface area contributed by atoms with Gasteiger partial charge in [0, 0.05) is 20.2 Å². The van der Waals surface area contributed by atoms with Gasteiger partial charge >= 0.3 is 0 Å². The van der Waals surface area contributed by atoms with Crippen molar-refractivity contribution < 1.29 is 9.53 Å². The van der Waals surface area contributed by atoms with Crippen molar-refractivity contribution in [1.82, 2.24) is 10.2 Å². The average Bonchev–Trinajstić information content (AvgIpc) is 2.33. The minimum Gasteiger partial charge on any atom is -0.377 e. The zero-order valence-electron chi connectivity index (χ0n) is 8.21. The van der Waals surface area contributed by atoms with Crippen LogP contribution in [-0.2, 0) is 9.53 Å². The normalized spacial score (nSPS) is 19.8. The predicted octanol–water partition coefficient (Wildman–Crippen LogP) is -0.503. The smallest absolute Gasteiger partial charge is 0.172 e. The van der Waals surface area contributed by atoms with Crippen LogP contribution in [0.4, 0.5) is 0 Å². The second kappa shape index (κ2) is 6.07. The highest BCUT2D eigenvalue weighted by molar-refractivity contribution is 5.81.